The Morgan fingerprint density at radius 2 is 1.65 bits per heavy atom. The molecule has 0 atom stereocenters. The summed E-state index contributed by atoms with van der Waals surface area (Å²) in [6.07, 6.45) is 0. The summed E-state index contributed by atoms with van der Waals surface area (Å²) < 4.78 is 1.40. The van der Waals surface area contributed by atoms with Gasteiger partial charge in [-0.25, -0.2) is 4.79 Å². The third kappa shape index (κ3) is 2.75. The van der Waals surface area contributed by atoms with E-state index in [1.54, 1.807) is 11.9 Å². The van der Waals surface area contributed by atoms with Gasteiger partial charge < -0.3 is 4.57 Å². The van der Waals surface area contributed by atoms with Gasteiger partial charge in [-0.15, -0.1) is 0 Å². The second-order valence-electron chi connectivity index (χ2n) is 4.73. The maximum Gasteiger partial charge on any atom is 0.320 e. The first-order valence-electron chi connectivity index (χ1n) is 6.42. The Morgan fingerprint density at radius 1 is 1.00 bits per heavy atom. The van der Waals surface area contributed by atoms with Crippen molar-refractivity contribution >= 4 is 27.8 Å². The van der Waals surface area contributed by atoms with E-state index in [9.17, 15) is 4.79 Å². The highest BCUT2D eigenvalue weighted by molar-refractivity contribution is 6.18. The van der Waals surface area contributed by atoms with Crippen molar-refractivity contribution in [2.75, 3.05) is 11.9 Å². The lowest BCUT2D eigenvalue weighted by Gasteiger charge is -2.28. The van der Waals surface area contributed by atoms with Crippen molar-refractivity contribution in [2.45, 2.75) is 13.8 Å². The SMILES string of the molecule is Cc1cccc(N(C(=O)N(C)[Si])c2ccccc2)c1C. The Balaban J connectivity index is 2.58. The second kappa shape index (κ2) is 5.92. The van der Waals surface area contributed by atoms with Crippen LogP contribution >= 0.6 is 0 Å². The number of aryl methyl sites for hydroxylation is 1. The topological polar surface area (TPSA) is 23.6 Å². The van der Waals surface area contributed by atoms with Gasteiger partial charge in [-0.2, -0.15) is 0 Å². The van der Waals surface area contributed by atoms with Crippen LogP contribution in [-0.2, 0) is 0 Å². The zero-order valence-corrected chi connectivity index (χ0v) is 12.9. The summed E-state index contributed by atoms with van der Waals surface area (Å²) in [5.41, 5.74) is 3.99. The van der Waals surface area contributed by atoms with E-state index in [2.05, 4.69) is 10.4 Å². The number of carbonyl (C=O) groups is 1. The van der Waals surface area contributed by atoms with Gasteiger partial charge in [-0.1, -0.05) is 30.3 Å². The van der Waals surface area contributed by atoms with Gasteiger partial charge in [0.1, 0.15) is 0 Å². The van der Waals surface area contributed by atoms with Crippen molar-refractivity contribution < 1.29 is 4.79 Å². The van der Waals surface area contributed by atoms with Gasteiger partial charge in [0.25, 0.3) is 0 Å². The zero-order chi connectivity index (χ0) is 14.7. The van der Waals surface area contributed by atoms with Crippen LogP contribution in [0.4, 0.5) is 16.2 Å². The van der Waals surface area contributed by atoms with Crippen molar-refractivity contribution in [3.63, 3.8) is 0 Å². The molecule has 0 saturated heterocycles. The molecule has 20 heavy (non-hydrogen) atoms. The Hall–Kier alpha value is -2.07. The molecular formula is C16H17N2OSi. The van der Waals surface area contributed by atoms with Crippen LogP contribution in [0.25, 0.3) is 0 Å². The number of hydrogen-bond acceptors (Lipinski definition) is 1. The molecule has 0 heterocycles. The molecule has 0 aliphatic heterocycles. The number of para-hydroxylation sites is 1. The molecular weight excluding hydrogens is 264 g/mol. The maximum atomic E-state index is 12.5. The fraction of sp³-hybridized carbons (Fsp3) is 0.188. The molecule has 0 aliphatic rings. The van der Waals surface area contributed by atoms with Crippen molar-refractivity contribution in [3.05, 3.63) is 59.7 Å². The van der Waals surface area contributed by atoms with E-state index in [-0.39, 0.29) is 6.03 Å². The first-order chi connectivity index (χ1) is 9.52. The predicted octanol–water partition coefficient (Wildman–Crippen LogP) is 3.58. The molecule has 0 bridgehead atoms. The van der Waals surface area contributed by atoms with Gasteiger partial charge >= 0.3 is 6.03 Å². The number of rotatable bonds is 2. The molecule has 0 aliphatic carbocycles. The summed E-state index contributed by atoms with van der Waals surface area (Å²) in [5.74, 6) is 0. The number of urea groups is 1. The Morgan fingerprint density at radius 3 is 2.25 bits per heavy atom. The van der Waals surface area contributed by atoms with E-state index < -0.39 is 0 Å². The highest BCUT2D eigenvalue weighted by Crippen LogP contribution is 2.30. The third-order valence-electron chi connectivity index (χ3n) is 3.31. The zero-order valence-electron chi connectivity index (χ0n) is 11.9. The van der Waals surface area contributed by atoms with Crippen LogP contribution in [0.3, 0.4) is 0 Å². The minimum Gasteiger partial charge on any atom is -0.355 e. The Kier molecular flexibility index (Phi) is 4.25. The van der Waals surface area contributed by atoms with Crippen LogP contribution in [0, 0.1) is 13.8 Å². The fourth-order valence-electron chi connectivity index (χ4n) is 2.06. The van der Waals surface area contributed by atoms with Crippen LogP contribution in [-0.4, -0.2) is 28.0 Å². The third-order valence-corrected chi connectivity index (χ3v) is 3.50. The Bertz CT molecular complexity index is 611. The number of anilines is 2. The fourth-order valence-corrected chi connectivity index (χ4v) is 2.16. The van der Waals surface area contributed by atoms with Crippen molar-refractivity contribution in [3.8, 4) is 0 Å². The molecule has 0 spiro atoms. The van der Waals surface area contributed by atoms with Crippen LogP contribution in [0.15, 0.2) is 48.5 Å². The van der Waals surface area contributed by atoms with Gasteiger partial charge in [0, 0.05) is 7.05 Å². The number of nitrogens with zero attached hydrogens (tertiary/aromatic N) is 2. The summed E-state index contributed by atoms with van der Waals surface area (Å²) >= 11 is 0. The number of benzene rings is 2. The van der Waals surface area contributed by atoms with E-state index in [0.717, 1.165) is 22.5 Å². The maximum absolute atomic E-state index is 12.5. The summed E-state index contributed by atoms with van der Waals surface area (Å²) in [5, 5.41) is 0. The van der Waals surface area contributed by atoms with Gasteiger partial charge in [0.05, 0.1) is 11.4 Å². The lowest BCUT2D eigenvalue weighted by atomic mass is 10.1. The van der Waals surface area contributed by atoms with Gasteiger partial charge in [0.2, 0.25) is 0 Å². The summed E-state index contributed by atoms with van der Waals surface area (Å²) in [7, 11) is 4.95. The molecule has 0 fully saturated rings. The molecule has 2 rings (SSSR count). The van der Waals surface area contributed by atoms with E-state index in [0.29, 0.717) is 0 Å². The van der Waals surface area contributed by atoms with Gasteiger partial charge in [-0.05, 0) is 43.2 Å². The van der Waals surface area contributed by atoms with Crippen molar-refractivity contribution in [2.24, 2.45) is 0 Å². The molecule has 3 radical (unpaired) electrons. The summed E-state index contributed by atoms with van der Waals surface area (Å²) in [6.45, 7) is 4.07. The van der Waals surface area contributed by atoms with Crippen molar-refractivity contribution in [1.82, 2.24) is 4.57 Å². The lowest BCUT2D eigenvalue weighted by Crippen LogP contribution is -2.37. The molecule has 2 aromatic rings. The summed E-state index contributed by atoms with van der Waals surface area (Å²) in [4.78, 5) is 14.2. The van der Waals surface area contributed by atoms with E-state index in [1.807, 2.05) is 62.4 Å². The molecule has 0 aromatic heterocycles. The first-order valence-corrected chi connectivity index (χ1v) is 6.87. The first kappa shape index (κ1) is 14.3. The smallest absolute Gasteiger partial charge is 0.320 e. The van der Waals surface area contributed by atoms with Gasteiger partial charge in [-0.3, -0.25) is 4.90 Å². The average Bonchev–Trinajstić information content (AvgIpc) is 2.44. The van der Waals surface area contributed by atoms with E-state index in [4.69, 9.17) is 0 Å². The number of hydrogen-bond donors (Lipinski definition) is 0. The standard InChI is InChI=1S/C16H17N2OSi/c1-12-8-7-11-15(13(12)2)18(16(19)17(3)20)14-9-5-4-6-10-14/h4-11H,1-3H3. The Labute approximate surface area is 123 Å². The van der Waals surface area contributed by atoms with Crippen molar-refractivity contribution in [1.29, 1.82) is 0 Å². The molecule has 101 valence electrons. The molecule has 4 heteroatoms. The molecule has 0 N–H and O–H groups in total. The second-order valence-corrected chi connectivity index (χ2v) is 5.40. The summed E-state index contributed by atoms with van der Waals surface area (Å²) in [6, 6.07) is 15.5. The highest BCUT2D eigenvalue weighted by Gasteiger charge is 2.21. The molecule has 0 unspecified atom stereocenters. The number of amides is 2. The van der Waals surface area contributed by atoms with E-state index in [1.165, 1.54) is 4.57 Å². The predicted molar refractivity (Wildman–Crippen MR) is 83.4 cm³/mol. The normalized spacial score (nSPS) is 10.2. The van der Waals surface area contributed by atoms with Gasteiger partial charge in [0.15, 0.2) is 10.4 Å². The average molecular weight is 281 g/mol. The lowest BCUT2D eigenvalue weighted by molar-refractivity contribution is 0.237. The minimum absolute atomic E-state index is 0.137. The molecule has 2 amide bonds. The molecule has 2 aromatic carbocycles. The minimum atomic E-state index is -0.137. The van der Waals surface area contributed by atoms with Crippen LogP contribution < -0.4 is 4.90 Å². The van der Waals surface area contributed by atoms with Crippen LogP contribution in [0.2, 0.25) is 0 Å². The van der Waals surface area contributed by atoms with Crippen LogP contribution in [0.1, 0.15) is 11.1 Å². The highest BCUT2D eigenvalue weighted by atomic mass is 28.2. The number of carbonyl (C=O) groups excluding carboxylic acids is 1. The monoisotopic (exact) mass is 281 g/mol. The van der Waals surface area contributed by atoms with Crippen LogP contribution in [0.5, 0.6) is 0 Å². The quantitative estimate of drug-likeness (QED) is 0.772. The molecule has 3 nitrogen and oxygen atoms in total. The van der Waals surface area contributed by atoms with E-state index >= 15 is 0 Å². The largest absolute Gasteiger partial charge is 0.355 e. The molecule has 0 saturated carbocycles.